The Morgan fingerprint density at radius 1 is 1.10 bits per heavy atom. The summed E-state index contributed by atoms with van der Waals surface area (Å²) < 4.78 is 10.5. The Morgan fingerprint density at radius 2 is 1.83 bits per heavy atom. The summed E-state index contributed by atoms with van der Waals surface area (Å²) in [6, 6.07) is 12.8. The van der Waals surface area contributed by atoms with Gasteiger partial charge in [-0.2, -0.15) is 0 Å². The van der Waals surface area contributed by atoms with Crippen molar-refractivity contribution in [1.82, 2.24) is 15.6 Å². The molecular formula is C19H24BN3O6. The molecule has 1 aromatic carbocycles. The summed E-state index contributed by atoms with van der Waals surface area (Å²) in [6.07, 6.45) is 1.61. The van der Waals surface area contributed by atoms with Crippen molar-refractivity contribution in [2.45, 2.75) is 18.4 Å². The first kappa shape index (κ1) is 22.3. The Morgan fingerprint density at radius 3 is 2.45 bits per heavy atom. The SMILES string of the molecule is COCC(NC(=O)c1ccccn1)C(=O)N[C@@H](CCOc1ccccc1)B(O)O. The van der Waals surface area contributed by atoms with Gasteiger partial charge < -0.3 is 30.2 Å². The van der Waals surface area contributed by atoms with Gasteiger partial charge in [0.1, 0.15) is 17.5 Å². The molecule has 29 heavy (non-hydrogen) atoms. The van der Waals surface area contributed by atoms with Crippen LogP contribution in [-0.4, -0.2) is 66.3 Å². The highest BCUT2D eigenvalue weighted by molar-refractivity contribution is 6.43. The maximum absolute atomic E-state index is 12.6. The highest BCUT2D eigenvalue weighted by Crippen LogP contribution is 2.09. The van der Waals surface area contributed by atoms with Gasteiger partial charge in [0.05, 0.1) is 19.2 Å². The Balaban J connectivity index is 1.92. The molecule has 0 aliphatic carbocycles. The van der Waals surface area contributed by atoms with Crippen LogP contribution in [0.4, 0.5) is 0 Å². The van der Waals surface area contributed by atoms with E-state index < -0.39 is 30.9 Å². The van der Waals surface area contributed by atoms with E-state index in [1.54, 1.807) is 24.3 Å². The molecule has 0 aliphatic heterocycles. The van der Waals surface area contributed by atoms with Crippen LogP contribution in [0, 0.1) is 0 Å². The first-order chi connectivity index (χ1) is 14.0. The number of nitrogens with one attached hydrogen (secondary N) is 2. The first-order valence-corrected chi connectivity index (χ1v) is 9.06. The Bertz CT molecular complexity index is 763. The largest absolute Gasteiger partial charge is 0.494 e. The van der Waals surface area contributed by atoms with Crippen molar-refractivity contribution in [2.24, 2.45) is 0 Å². The quantitative estimate of drug-likeness (QED) is 0.384. The molecule has 0 bridgehead atoms. The van der Waals surface area contributed by atoms with Crippen LogP contribution >= 0.6 is 0 Å². The number of rotatable bonds is 11. The van der Waals surface area contributed by atoms with Gasteiger partial charge in [-0.1, -0.05) is 24.3 Å². The van der Waals surface area contributed by atoms with Crippen molar-refractivity contribution < 1.29 is 29.1 Å². The lowest BCUT2D eigenvalue weighted by Crippen LogP contribution is -2.55. The Kier molecular flexibility index (Phi) is 9.09. The molecule has 154 valence electrons. The first-order valence-electron chi connectivity index (χ1n) is 9.06. The van der Waals surface area contributed by atoms with Crippen molar-refractivity contribution >= 4 is 18.9 Å². The molecule has 0 fully saturated rings. The van der Waals surface area contributed by atoms with Crippen molar-refractivity contribution in [3.63, 3.8) is 0 Å². The van der Waals surface area contributed by atoms with Gasteiger partial charge in [-0.15, -0.1) is 0 Å². The molecule has 2 amide bonds. The number of hydrogen-bond donors (Lipinski definition) is 4. The third-order valence-electron chi connectivity index (χ3n) is 3.98. The monoisotopic (exact) mass is 401 g/mol. The van der Waals surface area contributed by atoms with E-state index in [2.05, 4.69) is 15.6 Å². The van der Waals surface area contributed by atoms with Crippen LogP contribution in [0.3, 0.4) is 0 Å². The summed E-state index contributed by atoms with van der Waals surface area (Å²) in [5.74, 6) is -1.52. The average molecular weight is 401 g/mol. The van der Waals surface area contributed by atoms with E-state index in [-0.39, 0.29) is 25.3 Å². The lowest BCUT2D eigenvalue weighted by molar-refractivity contribution is -0.124. The molecule has 0 radical (unpaired) electrons. The summed E-state index contributed by atoms with van der Waals surface area (Å²) in [5, 5.41) is 24.2. The number of carbonyl (C=O) groups is 2. The smallest absolute Gasteiger partial charge is 0.475 e. The number of methoxy groups -OCH3 is 1. The lowest BCUT2D eigenvalue weighted by Gasteiger charge is -2.22. The van der Waals surface area contributed by atoms with E-state index in [9.17, 15) is 19.6 Å². The minimum Gasteiger partial charge on any atom is -0.494 e. The number of aromatic nitrogens is 1. The molecule has 2 atom stereocenters. The number of carbonyl (C=O) groups excluding carboxylic acids is 2. The third-order valence-corrected chi connectivity index (χ3v) is 3.98. The van der Waals surface area contributed by atoms with Gasteiger partial charge in [0.2, 0.25) is 5.91 Å². The Hall–Kier alpha value is -2.95. The van der Waals surface area contributed by atoms with Gasteiger partial charge in [0, 0.05) is 19.7 Å². The maximum Gasteiger partial charge on any atom is 0.475 e. The molecule has 1 aromatic heterocycles. The predicted molar refractivity (Wildman–Crippen MR) is 106 cm³/mol. The molecular weight excluding hydrogens is 377 g/mol. The Labute approximate surface area is 169 Å². The highest BCUT2D eigenvalue weighted by Gasteiger charge is 2.29. The zero-order valence-corrected chi connectivity index (χ0v) is 16.0. The average Bonchev–Trinajstić information content (AvgIpc) is 2.73. The molecule has 9 nitrogen and oxygen atoms in total. The van der Waals surface area contributed by atoms with E-state index in [0.717, 1.165) is 0 Å². The van der Waals surface area contributed by atoms with Gasteiger partial charge in [0.25, 0.3) is 5.91 Å². The summed E-state index contributed by atoms with van der Waals surface area (Å²) in [7, 11) is -0.410. The van der Waals surface area contributed by atoms with E-state index >= 15 is 0 Å². The van der Waals surface area contributed by atoms with E-state index in [1.165, 1.54) is 19.4 Å². The second kappa shape index (κ2) is 11.8. The van der Waals surface area contributed by atoms with Crippen LogP contribution < -0.4 is 15.4 Å². The predicted octanol–water partition coefficient (Wildman–Crippen LogP) is -0.208. The summed E-state index contributed by atoms with van der Waals surface area (Å²) >= 11 is 0. The normalized spacial score (nSPS) is 12.5. The van der Waals surface area contributed by atoms with E-state index in [0.29, 0.717) is 5.75 Å². The number of hydrogen-bond acceptors (Lipinski definition) is 7. The maximum atomic E-state index is 12.6. The topological polar surface area (TPSA) is 130 Å². The molecule has 1 unspecified atom stereocenters. The highest BCUT2D eigenvalue weighted by atomic mass is 16.5. The van der Waals surface area contributed by atoms with E-state index in [4.69, 9.17) is 9.47 Å². The summed E-state index contributed by atoms with van der Waals surface area (Å²) in [6.45, 7) is 0.0565. The van der Waals surface area contributed by atoms with Crippen LogP contribution in [-0.2, 0) is 9.53 Å². The number of ether oxygens (including phenoxy) is 2. The van der Waals surface area contributed by atoms with Crippen LogP contribution in [0.2, 0.25) is 0 Å². The second-order valence-corrected chi connectivity index (χ2v) is 6.18. The fraction of sp³-hybridized carbons (Fsp3) is 0.316. The number of pyridine rings is 1. The number of para-hydroxylation sites is 1. The molecule has 1 heterocycles. The summed E-state index contributed by atoms with van der Waals surface area (Å²) in [4.78, 5) is 28.7. The van der Waals surface area contributed by atoms with Crippen molar-refractivity contribution in [3.05, 3.63) is 60.4 Å². The van der Waals surface area contributed by atoms with Crippen LogP contribution in [0.5, 0.6) is 5.75 Å². The molecule has 10 heteroatoms. The number of amides is 2. The third kappa shape index (κ3) is 7.53. The zero-order valence-electron chi connectivity index (χ0n) is 16.0. The number of benzene rings is 1. The molecule has 0 saturated heterocycles. The molecule has 0 aliphatic rings. The second-order valence-electron chi connectivity index (χ2n) is 6.18. The molecule has 4 N–H and O–H groups in total. The van der Waals surface area contributed by atoms with Crippen LogP contribution in [0.1, 0.15) is 16.9 Å². The van der Waals surface area contributed by atoms with Crippen LogP contribution in [0.15, 0.2) is 54.7 Å². The fourth-order valence-corrected chi connectivity index (χ4v) is 2.48. The van der Waals surface area contributed by atoms with E-state index in [1.807, 2.05) is 18.2 Å². The fourth-order valence-electron chi connectivity index (χ4n) is 2.48. The number of nitrogens with zero attached hydrogens (tertiary/aromatic N) is 1. The van der Waals surface area contributed by atoms with Crippen molar-refractivity contribution in [2.75, 3.05) is 20.3 Å². The van der Waals surface area contributed by atoms with Crippen molar-refractivity contribution in [1.29, 1.82) is 0 Å². The summed E-state index contributed by atoms with van der Waals surface area (Å²) in [5.41, 5.74) is 0.149. The minimum atomic E-state index is -1.80. The molecule has 0 spiro atoms. The minimum absolute atomic E-state index is 0.0980. The lowest BCUT2D eigenvalue weighted by atomic mass is 9.77. The zero-order chi connectivity index (χ0) is 21.1. The van der Waals surface area contributed by atoms with Crippen molar-refractivity contribution in [3.8, 4) is 5.75 Å². The molecule has 0 saturated carbocycles. The molecule has 2 aromatic rings. The van der Waals surface area contributed by atoms with Crippen LogP contribution in [0.25, 0.3) is 0 Å². The molecule has 2 rings (SSSR count). The van der Waals surface area contributed by atoms with Gasteiger partial charge in [-0.25, -0.2) is 0 Å². The van der Waals surface area contributed by atoms with Gasteiger partial charge >= 0.3 is 7.12 Å². The van der Waals surface area contributed by atoms with Gasteiger partial charge in [0.15, 0.2) is 0 Å². The van der Waals surface area contributed by atoms with Gasteiger partial charge in [-0.3, -0.25) is 14.6 Å². The van der Waals surface area contributed by atoms with Gasteiger partial charge in [-0.05, 0) is 24.3 Å². The standard InChI is InChI=1S/C19H24BN3O6/c1-28-13-16(22-18(24)15-9-5-6-11-21-15)19(25)23-17(20(26)27)10-12-29-14-7-3-2-4-8-14/h2-9,11,16-17,26-27H,10,12-13H2,1H3,(H,22,24)(H,23,25)/t16?,17-/m0/s1.